The summed E-state index contributed by atoms with van der Waals surface area (Å²) in [6.45, 7) is 3.41. The first-order chi connectivity index (χ1) is 7.33. The van der Waals surface area contributed by atoms with Gasteiger partial charge in [0.1, 0.15) is 0 Å². The molecule has 15 heavy (non-hydrogen) atoms. The fourth-order valence-corrected chi connectivity index (χ4v) is 0.974. The molecule has 0 aromatic carbocycles. The quantitative estimate of drug-likeness (QED) is 0.508. The van der Waals surface area contributed by atoms with Crippen molar-refractivity contribution in [1.29, 1.82) is 0 Å². The fraction of sp³-hybridized carbons (Fsp3) is 1.00. The van der Waals surface area contributed by atoms with Crippen LogP contribution < -0.4 is 0 Å². The molecular formula is C11H26O4. The van der Waals surface area contributed by atoms with Crippen LogP contribution in [0.1, 0.15) is 39.0 Å². The molecule has 0 amide bonds. The summed E-state index contributed by atoms with van der Waals surface area (Å²) in [5.74, 6) is 0. The van der Waals surface area contributed by atoms with E-state index in [1.54, 1.807) is 0 Å². The Hall–Kier alpha value is -0.160. The van der Waals surface area contributed by atoms with Crippen LogP contribution in [0.25, 0.3) is 0 Å². The van der Waals surface area contributed by atoms with Crippen molar-refractivity contribution in [2.45, 2.75) is 39.0 Å². The summed E-state index contributed by atoms with van der Waals surface area (Å²) < 4.78 is 5.11. The van der Waals surface area contributed by atoms with E-state index in [4.69, 9.17) is 20.1 Å². The summed E-state index contributed by atoms with van der Waals surface area (Å²) in [6.07, 6.45) is 6.34. The van der Waals surface area contributed by atoms with E-state index in [1.807, 2.05) is 0 Å². The third-order valence-corrected chi connectivity index (χ3v) is 1.73. The van der Waals surface area contributed by atoms with Crippen LogP contribution in [0.5, 0.6) is 0 Å². The molecule has 0 aliphatic heterocycles. The lowest BCUT2D eigenvalue weighted by Gasteiger charge is -2.00. The third-order valence-electron chi connectivity index (χ3n) is 1.73. The standard InChI is InChI=1S/C9H20O2.C2H6O2/c1-2-3-4-5-6-8-11-9-7-10;3-1-2-4/h10H,2-9H2,1H3;3-4H,1-2H2. The molecular weight excluding hydrogens is 196 g/mol. The van der Waals surface area contributed by atoms with Crippen molar-refractivity contribution < 1.29 is 20.1 Å². The Morgan fingerprint density at radius 1 is 0.733 bits per heavy atom. The highest BCUT2D eigenvalue weighted by molar-refractivity contribution is 4.41. The van der Waals surface area contributed by atoms with Crippen LogP contribution in [0.2, 0.25) is 0 Å². The predicted octanol–water partition coefficient (Wildman–Crippen LogP) is 0.937. The largest absolute Gasteiger partial charge is 0.394 e. The molecule has 0 aliphatic rings. The number of unbranched alkanes of at least 4 members (excludes halogenated alkanes) is 4. The second-order valence-corrected chi connectivity index (χ2v) is 3.20. The zero-order valence-corrected chi connectivity index (χ0v) is 9.82. The monoisotopic (exact) mass is 222 g/mol. The van der Waals surface area contributed by atoms with E-state index in [-0.39, 0.29) is 19.8 Å². The second kappa shape index (κ2) is 19.4. The molecule has 4 nitrogen and oxygen atoms in total. The molecule has 94 valence electrons. The maximum absolute atomic E-state index is 8.38. The Labute approximate surface area is 92.9 Å². The molecule has 0 saturated heterocycles. The van der Waals surface area contributed by atoms with E-state index in [1.165, 1.54) is 25.7 Å². The van der Waals surface area contributed by atoms with E-state index in [2.05, 4.69) is 6.92 Å². The van der Waals surface area contributed by atoms with E-state index in [9.17, 15) is 0 Å². The molecule has 0 bridgehead atoms. The van der Waals surface area contributed by atoms with E-state index < -0.39 is 0 Å². The van der Waals surface area contributed by atoms with Crippen LogP contribution in [0.15, 0.2) is 0 Å². The second-order valence-electron chi connectivity index (χ2n) is 3.20. The highest BCUT2D eigenvalue weighted by Crippen LogP contribution is 2.01. The number of hydrogen-bond acceptors (Lipinski definition) is 4. The molecule has 0 aromatic rings. The maximum atomic E-state index is 8.38. The van der Waals surface area contributed by atoms with Crippen LogP contribution in [0.4, 0.5) is 0 Å². The average molecular weight is 222 g/mol. The Balaban J connectivity index is 0. The van der Waals surface area contributed by atoms with Crippen LogP contribution in [0.3, 0.4) is 0 Å². The number of aliphatic hydroxyl groups is 3. The minimum absolute atomic E-state index is 0.125. The van der Waals surface area contributed by atoms with Gasteiger partial charge in [0.25, 0.3) is 0 Å². The summed E-state index contributed by atoms with van der Waals surface area (Å²) >= 11 is 0. The van der Waals surface area contributed by atoms with Crippen LogP contribution >= 0.6 is 0 Å². The van der Waals surface area contributed by atoms with Crippen molar-refractivity contribution in [2.75, 3.05) is 33.0 Å². The maximum Gasteiger partial charge on any atom is 0.0697 e. The Morgan fingerprint density at radius 2 is 1.33 bits per heavy atom. The molecule has 0 aliphatic carbocycles. The number of aliphatic hydroxyl groups excluding tert-OH is 3. The molecule has 0 radical (unpaired) electrons. The molecule has 3 N–H and O–H groups in total. The van der Waals surface area contributed by atoms with Gasteiger partial charge in [0.05, 0.1) is 26.4 Å². The van der Waals surface area contributed by atoms with Crippen molar-refractivity contribution in [2.24, 2.45) is 0 Å². The van der Waals surface area contributed by atoms with Gasteiger partial charge in [-0.3, -0.25) is 0 Å². The molecule has 0 atom stereocenters. The van der Waals surface area contributed by atoms with Gasteiger partial charge in [-0.05, 0) is 6.42 Å². The fourth-order valence-electron chi connectivity index (χ4n) is 0.974. The van der Waals surface area contributed by atoms with Gasteiger partial charge in [-0.1, -0.05) is 32.6 Å². The minimum atomic E-state index is -0.125. The van der Waals surface area contributed by atoms with Crippen molar-refractivity contribution >= 4 is 0 Å². The third kappa shape index (κ3) is 24.8. The molecule has 0 aromatic heterocycles. The summed E-state index contributed by atoms with van der Waals surface area (Å²) in [6, 6.07) is 0. The summed E-state index contributed by atoms with van der Waals surface area (Å²) in [5, 5.41) is 23.6. The number of ether oxygens (including phenoxy) is 1. The first-order valence-corrected chi connectivity index (χ1v) is 5.73. The topological polar surface area (TPSA) is 69.9 Å². The van der Waals surface area contributed by atoms with Crippen LogP contribution in [0, 0.1) is 0 Å². The SMILES string of the molecule is CCCCCCCOCCO.OCCO. The first-order valence-electron chi connectivity index (χ1n) is 5.73. The molecule has 0 fully saturated rings. The van der Waals surface area contributed by atoms with E-state index in [0.717, 1.165) is 13.0 Å². The molecule has 0 unspecified atom stereocenters. The summed E-state index contributed by atoms with van der Waals surface area (Å²) in [7, 11) is 0. The highest BCUT2D eigenvalue weighted by atomic mass is 16.5. The lowest BCUT2D eigenvalue weighted by molar-refractivity contribution is 0.0895. The minimum Gasteiger partial charge on any atom is -0.394 e. The normalized spacial score (nSPS) is 9.60. The first kappa shape index (κ1) is 17.2. The smallest absolute Gasteiger partial charge is 0.0697 e. The van der Waals surface area contributed by atoms with E-state index >= 15 is 0 Å². The van der Waals surface area contributed by atoms with E-state index in [0.29, 0.717) is 6.61 Å². The Kier molecular flexibility index (Phi) is 22.3. The van der Waals surface area contributed by atoms with Crippen LogP contribution in [-0.2, 0) is 4.74 Å². The summed E-state index contributed by atoms with van der Waals surface area (Å²) in [5.41, 5.74) is 0. The highest BCUT2D eigenvalue weighted by Gasteiger charge is 1.88. The van der Waals surface area contributed by atoms with Gasteiger partial charge in [-0.15, -0.1) is 0 Å². The van der Waals surface area contributed by atoms with Crippen molar-refractivity contribution in [3.05, 3.63) is 0 Å². The van der Waals surface area contributed by atoms with Crippen molar-refractivity contribution in [3.63, 3.8) is 0 Å². The Bertz CT molecular complexity index is 78.7. The van der Waals surface area contributed by atoms with Gasteiger partial charge in [0.15, 0.2) is 0 Å². The Morgan fingerprint density at radius 3 is 1.80 bits per heavy atom. The van der Waals surface area contributed by atoms with Gasteiger partial charge in [0.2, 0.25) is 0 Å². The molecule has 0 heterocycles. The molecule has 0 saturated carbocycles. The van der Waals surface area contributed by atoms with Gasteiger partial charge < -0.3 is 20.1 Å². The molecule has 0 rings (SSSR count). The van der Waals surface area contributed by atoms with Crippen molar-refractivity contribution in [3.8, 4) is 0 Å². The average Bonchev–Trinajstić information content (AvgIpc) is 2.28. The van der Waals surface area contributed by atoms with Gasteiger partial charge in [-0.2, -0.15) is 0 Å². The predicted molar refractivity (Wildman–Crippen MR) is 60.8 cm³/mol. The van der Waals surface area contributed by atoms with Gasteiger partial charge in [-0.25, -0.2) is 0 Å². The van der Waals surface area contributed by atoms with Gasteiger partial charge in [0, 0.05) is 6.61 Å². The lowest BCUT2D eigenvalue weighted by atomic mass is 10.2. The number of hydrogen-bond donors (Lipinski definition) is 3. The van der Waals surface area contributed by atoms with Crippen molar-refractivity contribution in [1.82, 2.24) is 0 Å². The van der Waals surface area contributed by atoms with Crippen LogP contribution in [-0.4, -0.2) is 48.4 Å². The zero-order valence-electron chi connectivity index (χ0n) is 9.82. The molecule has 0 spiro atoms. The van der Waals surface area contributed by atoms with Gasteiger partial charge >= 0.3 is 0 Å². The number of rotatable bonds is 9. The lowest BCUT2D eigenvalue weighted by Crippen LogP contribution is -2.00. The molecule has 4 heteroatoms. The summed E-state index contributed by atoms with van der Waals surface area (Å²) in [4.78, 5) is 0. The zero-order chi connectivity index (χ0) is 11.8.